The molecule has 0 bridgehead atoms. The number of nitrogens with zero attached hydrogens (tertiary/aromatic N) is 5. The van der Waals surface area contributed by atoms with Crippen LogP contribution in [0.3, 0.4) is 0 Å². The van der Waals surface area contributed by atoms with E-state index in [2.05, 4.69) is 10.1 Å². The third-order valence-corrected chi connectivity index (χ3v) is 5.42. The second-order valence-corrected chi connectivity index (χ2v) is 9.55. The third-order valence-electron chi connectivity index (χ3n) is 3.08. The Morgan fingerprint density at radius 2 is 1.81 bits per heavy atom. The number of hydrogen-bond acceptors (Lipinski definition) is 3. The van der Waals surface area contributed by atoms with Crippen molar-refractivity contribution >= 4 is 69.8 Å². The van der Waals surface area contributed by atoms with Crippen molar-refractivity contribution in [2.75, 3.05) is 14.1 Å². The van der Waals surface area contributed by atoms with Gasteiger partial charge in [0.2, 0.25) is 0 Å². The molecule has 1 aromatic heterocycles. The third kappa shape index (κ3) is 4.79. The standard InChI is InChI=1S/C14H9Cl4F3N5P/c1-25(2)6-23-13-12(27(17)18)10(5-22)24-26(13)11-8(15)3-7(4-9(11)16)14(19,20)21/h3-4,6H,1-2H3/b23-6+. The Labute approximate surface area is 173 Å². The van der Waals surface area contributed by atoms with E-state index in [9.17, 15) is 18.4 Å². The first-order chi connectivity index (χ1) is 12.5. The molecule has 0 spiro atoms. The van der Waals surface area contributed by atoms with Crippen molar-refractivity contribution in [3.8, 4) is 11.8 Å². The zero-order chi connectivity index (χ0) is 20.5. The normalized spacial score (nSPS) is 12.0. The van der Waals surface area contributed by atoms with Gasteiger partial charge in [0.15, 0.2) is 11.5 Å². The average Bonchev–Trinajstić information content (AvgIpc) is 2.89. The summed E-state index contributed by atoms with van der Waals surface area (Å²) in [5.74, 6) is 0.0416. The molecule has 2 aromatic rings. The summed E-state index contributed by atoms with van der Waals surface area (Å²) in [6.45, 7) is -1.85. The Morgan fingerprint density at radius 1 is 1.26 bits per heavy atom. The Balaban J connectivity index is 2.81. The van der Waals surface area contributed by atoms with Gasteiger partial charge in [-0.25, -0.2) is 9.67 Å². The van der Waals surface area contributed by atoms with E-state index in [1.54, 1.807) is 19.0 Å². The Morgan fingerprint density at radius 3 is 2.22 bits per heavy atom. The van der Waals surface area contributed by atoms with Crippen LogP contribution >= 0.6 is 52.3 Å². The summed E-state index contributed by atoms with van der Waals surface area (Å²) < 4.78 is 39.9. The molecule has 0 aliphatic heterocycles. The zero-order valence-corrected chi connectivity index (χ0v) is 17.5. The number of benzene rings is 1. The van der Waals surface area contributed by atoms with Gasteiger partial charge in [-0.3, -0.25) is 0 Å². The summed E-state index contributed by atoms with van der Waals surface area (Å²) in [5.41, 5.74) is -1.24. The summed E-state index contributed by atoms with van der Waals surface area (Å²) in [5, 5.41) is 12.8. The molecule has 27 heavy (non-hydrogen) atoms. The lowest BCUT2D eigenvalue weighted by atomic mass is 10.2. The molecule has 144 valence electrons. The van der Waals surface area contributed by atoms with E-state index in [1.165, 1.54) is 6.34 Å². The molecule has 0 radical (unpaired) electrons. The van der Waals surface area contributed by atoms with E-state index in [-0.39, 0.29) is 32.5 Å². The molecule has 1 heterocycles. The highest BCUT2D eigenvalue weighted by atomic mass is 35.9. The Hall–Kier alpha value is -1.23. The molecule has 1 aromatic carbocycles. The van der Waals surface area contributed by atoms with Gasteiger partial charge < -0.3 is 4.90 Å². The summed E-state index contributed by atoms with van der Waals surface area (Å²) in [4.78, 5) is 5.77. The molecule has 13 heteroatoms. The lowest BCUT2D eigenvalue weighted by Crippen LogP contribution is -2.10. The maximum absolute atomic E-state index is 13.0. The molecular formula is C14H9Cl4F3N5P. The minimum Gasteiger partial charge on any atom is -0.369 e. The number of nitriles is 1. The van der Waals surface area contributed by atoms with Crippen LogP contribution in [0.2, 0.25) is 10.0 Å². The second-order valence-electron chi connectivity index (χ2n) is 5.27. The molecule has 0 unspecified atom stereocenters. The molecule has 5 nitrogen and oxygen atoms in total. The molecule has 2 rings (SSSR count). The van der Waals surface area contributed by atoms with E-state index in [4.69, 9.17) is 45.7 Å². The fraction of sp³-hybridized carbons (Fsp3) is 0.214. The molecule has 0 aliphatic carbocycles. The van der Waals surface area contributed by atoms with Crippen molar-refractivity contribution in [1.29, 1.82) is 5.26 Å². The number of rotatable bonds is 4. The van der Waals surface area contributed by atoms with Crippen LogP contribution in [0.5, 0.6) is 0 Å². The van der Waals surface area contributed by atoms with Crippen LogP contribution in [0.1, 0.15) is 11.3 Å². The van der Waals surface area contributed by atoms with Gasteiger partial charge in [-0.15, -0.1) is 0 Å². The van der Waals surface area contributed by atoms with Crippen molar-refractivity contribution < 1.29 is 13.2 Å². The molecule has 0 saturated heterocycles. The van der Waals surface area contributed by atoms with Gasteiger partial charge >= 0.3 is 6.18 Å². The van der Waals surface area contributed by atoms with Crippen molar-refractivity contribution in [2.24, 2.45) is 4.99 Å². The molecular weight excluding hydrogens is 468 g/mol. The number of hydrogen-bond donors (Lipinski definition) is 0. The minimum atomic E-state index is -4.63. The number of halogens is 7. The Kier molecular flexibility index (Phi) is 6.88. The van der Waals surface area contributed by atoms with Gasteiger partial charge in [0.05, 0.1) is 27.3 Å². The largest absolute Gasteiger partial charge is 0.416 e. The smallest absolute Gasteiger partial charge is 0.369 e. The number of aliphatic imine (C=N–C) groups is 1. The SMILES string of the molecule is CN(C)/C=N/c1c(P(Cl)Cl)c(C#N)nn1-c1c(Cl)cc(C(F)(F)F)cc1Cl. The Bertz CT molecular complexity index is 911. The number of alkyl halides is 3. The van der Waals surface area contributed by atoms with Crippen LogP contribution < -0.4 is 5.30 Å². The van der Waals surface area contributed by atoms with Crippen LogP contribution in [0, 0.1) is 11.3 Å². The van der Waals surface area contributed by atoms with E-state index in [1.807, 2.05) is 6.07 Å². The number of aromatic nitrogens is 2. The predicted molar refractivity (Wildman–Crippen MR) is 103 cm³/mol. The fourth-order valence-electron chi connectivity index (χ4n) is 2.01. The monoisotopic (exact) mass is 475 g/mol. The van der Waals surface area contributed by atoms with Gasteiger partial charge in [-0.1, -0.05) is 45.7 Å². The summed E-state index contributed by atoms with van der Waals surface area (Å²) >= 11 is 24.1. The van der Waals surface area contributed by atoms with Crippen molar-refractivity contribution in [1.82, 2.24) is 14.7 Å². The second kappa shape index (κ2) is 8.42. The molecule has 0 atom stereocenters. The van der Waals surface area contributed by atoms with E-state index >= 15 is 0 Å². The first kappa shape index (κ1) is 22.1. The van der Waals surface area contributed by atoms with Crippen LogP contribution in [0.25, 0.3) is 5.69 Å². The summed E-state index contributed by atoms with van der Waals surface area (Å²) in [7, 11) is 3.38. The highest BCUT2D eigenvalue weighted by Gasteiger charge is 2.33. The molecule has 0 N–H and O–H groups in total. The molecule has 0 saturated carbocycles. The van der Waals surface area contributed by atoms with Crippen LogP contribution in [0.4, 0.5) is 19.0 Å². The van der Waals surface area contributed by atoms with Crippen molar-refractivity contribution in [3.05, 3.63) is 33.4 Å². The van der Waals surface area contributed by atoms with E-state index < -0.39 is 18.4 Å². The quantitative estimate of drug-likeness (QED) is 0.323. The predicted octanol–water partition coefficient (Wildman–Crippen LogP) is 5.71. The van der Waals surface area contributed by atoms with Crippen LogP contribution in [0.15, 0.2) is 17.1 Å². The maximum atomic E-state index is 13.0. The zero-order valence-electron chi connectivity index (χ0n) is 13.6. The van der Waals surface area contributed by atoms with Gasteiger partial charge in [0.1, 0.15) is 18.4 Å². The minimum absolute atomic E-state index is 0.0416. The summed E-state index contributed by atoms with van der Waals surface area (Å²) in [6.07, 6.45) is -3.25. The van der Waals surface area contributed by atoms with Gasteiger partial charge in [0.25, 0.3) is 0 Å². The highest BCUT2D eigenvalue weighted by Crippen LogP contribution is 2.49. The molecule has 0 aliphatic rings. The van der Waals surface area contributed by atoms with Crippen LogP contribution in [-0.4, -0.2) is 35.1 Å². The van der Waals surface area contributed by atoms with Crippen LogP contribution in [-0.2, 0) is 6.18 Å². The van der Waals surface area contributed by atoms with Crippen molar-refractivity contribution in [2.45, 2.75) is 6.18 Å². The van der Waals surface area contributed by atoms with Crippen molar-refractivity contribution in [3.63, 3.8) is 0 Å². The van der Waals surface area contributed by atoms with E-state index in [0.717, 1.165) is 4.68 Å². The maximum Gasteiger partial charge on any atom is 0.416 e. The van der Waals surface area contributed by atoms with Gasteiger partial charge in [-0.05, 0) is 12.1 Å². The first-order valence-corrected chi connectivity index (χ1v) is 10.8. The average molecular weight is 477 g/mol. The lowest BCUT2D eigenvalue weighted by molar-refractivity contribution is -0.137. The summed E-state index contributed by atoms with van der Waals surface area (Å²) in [6, 6.07) is 3.25. The molecule has 0 amide bonds. The molecule has 0 fully saturated rings. The van der Waals surface area contributed by atoms with Gasteiger partial charge in [0, 0.05) is 14.1 Å². The topological polar surface area (TPSA) is 57.2 Å². The first-order valence-electron chi connectivity index (χ1n) is 6.89. The lowest BCUT2D eigenvalue weighted by Gasteiger charge is -2.14. The fourth-order valence-corrected chi connectivity index (χ4v) is 4.14. The van der Waals surface area contributed by atoms with Gasteiger partial charge in [-0.2, -0.15) is 23.5 Å². The highest BCUT2D eigenvalue weighted by molar-refractivity contribution is 8.09. The van der Waals surface area contributed by atoms with E-state index in [0.29, 0.717) is 12.1 Å².